The van der Waals surface area contributed by atoms with Gasteiger partial charge in [0, 0.05) is 18.2 Å². The fraction of sp³-hybridized carbons (Fsp3) is 0.400. The van der Waals surface area contributed by atoms with Crippen molar-refractivity contribution in [2.45, 2.75) is 12.5 Å². The SMILES string of the molecule is COc1cc(Br)c(F)c(C(N)CCO)c1. The molecule has 0 aliphatic rings. The van der Waals surface area contributed by atoms with E-state index in [0.717, 1.165) is 0 Å². The molecule has 0 aliphatic carbocycles. The first-order valence-corrected chi connectivity index (χ1v) is 5.28. The summed E-state index contributed by atoms with van der Waals surface area (Å²) in [6.07, 6.45) is 0.316. The van der Waals surface area contributed by atoms with E-state index in [1.54, 1.807) is 6.07 Å². The van der Waals surface area contributed by atoms with E-state index in [0.29, 0.717) is 22.2 Å². The molecule has 3 N–H and O–H groups in total. The average Bonchev–Trinajstić information content (AvgIpc) is 2.22. The predicted octanol–water partition coefficient (Wildman–Crippen LogP) is 1.98. The van der Waals surface area contributed by atoms with Gasteiger partial charge in [0.25, 0.3) is 0 Å². The van der Waals surface area contributed by atoms with Gasteiger partial charge in [0.05, 0.1) is 11.6 Å². The molecule has 1 atom stereocenters. The zero-order valence-corrected chi connectivity index (χ0v) is 9.92. The summed E-state index contributed by atoms with van der Waals surface area (Å²) in [6, 6.07) is 2.55. The zero-order valence-electron chi connectivity index (χ0n) is 8.34. The average molecular weight is 278 g/mol. The van der Waals surface area contributed by atoms with E-state index in [9.17, 15) is 4.39 Å². The van der Waals surface area contributed by atoms with E-state index in [1.165, 1.54) is 13.2 Å². The van der Waals surface area contributed by atoms with Crippen LogP contribution in [-0.4, -0.2) is 18.8 Å². The number of hydrogen-bond donors (Lipinski definition) is 2. The normalized spacial score (nSPS) is 12.6. The Morgan fingerprint density at radius 3 is 2.80 bits per heavy atom. The highest BCUT2D eigenvalue weighted by Gasteiger charge is 2.15. The Labute approximate surface area is 96.2 Å². The van der Waals surface area contributed by atoms with E-state index in [-0.39, 0.29) is 6.61 Å². The lowest BCUT2D eigenvalue weighted by atomic mass is 10.0. The lowest BCUT2D eigenvalue weighted by Gasteiger charge is -2.14. The Balaban J connectivity index is 3.09. The summed E-state index contributed by atoms with van der Waals surface area (Å²) in [5.74, 6) is 0.128. The first-order valence-electron chi connectivity index (χ1n) is 4.49. The monoisotopic (exact) mass is 277 g/mol. The molecule has 3 nitrogen and oxygen atoms in total. The van der Waals surface area contributed by atoms with Crippen LogP contribution in [0.3, 0.4) is 0 Å². The molecule has 1 unspecified atom stereocenters. The molecule has 84 valence electrons. The van der Waals surface area contributed by atoms with Crippen LogP contribution in [0.1, 0.15) is 18.0 Å². The number of aliphatic hydroxyl groups is 1. The molecule has 0 bridgehead atoms. The third kappa shape index (κ3) is 2.90. The van der Waals surface area contributed by atoms with Gasteiger partial charge in [-0.1, -0.05) is 0 Å². The van der Waals surface area contributed by atoms with Crippen molar-refractivity contribution < 1.29 is 14.2 Å². The lowest BCUT2D eigenvalue weighted by Crippen LogP contribution is -2.14. The molecule has 0 saturated carbocycles. The van der Waals surface area contributed by atoms with Crippen molar-refractivity contribution >= 4 is 15.9 Å². The molecule has 15 heavy (non-hydrogen) atoms. The van der Waals surface area contributed by atoms with Crippen LogP contribution in [0, 0.1) is 5.82 Å². The molecule has 1 rings (SSSR count). The van der Waals surface area contributed by atoms with Crippen LogP contribution in [0.2, 0.25) is 0 Å². The third-order valence-electron chi connectivity index (χ3n) is 2.11. The van der Waals surface area contributed by atoms with Crippen LogP contribution < -0.4 is 10.5 Å². The number of benzene rings is 1. The number of halogens is 2. The number of hydrogen-bond acceptors (Lipinski definition) is 3. The summed E-state index contributed by atoms with van der Waals surface area (Å²) in [4.78, 5) is 0. The lowest BCUT2D eigenvalue weighted by molar-refractivity contribution is 0.275. The predicted molar refractivity (Wildman–Crippen MR) is 59.3 cm³/mol. The van der Waals surface area contributed by atoms with Crippen molar-refractivity contribution in [3.8, 4) is 5.75 Å². The highest BCUT2D eigenvalue weighted by Crippen LogP contribution is 2.29. The fourth-order valence-corrected chi connectivity index (χ4v) is 1.72. The molecule has 5 heteroatoms. The fourth-order valence-electron chi connectivity index (χ4n) is 1.27. The molecule has 0 heterocycles. The molecule has 0 fully saturated rings. The van der Waals surface area contributed by atoms with Crippen LogP contribution in [0.5, 0.6) is 5.75 Å². The minimum atomic E-state index is -0.526. The summed E-state index contributed by atoms with van der Waals surface area (Å²) in [7, 11) is 1.50. The minimum Gasteiger partial charge on any atom is -0.497 e. The zero-order chi connectivity index (χ0) is 11.4. The summed E-state index contributed by atoms with van der Waals surface area (Å²) in [6.45, 7) is -0.0740. The second kappa shape index (κ2) is 5.44. The maximum Gasteiger partial charge on any atom is 0.142 e. The van der Waals surface area contributed by atoms with Crippen LogP contribution in [0.4, 0.5) is 4.39 Å². The third-order valence-corrected chi connectivity index (χ3v) is 2.68. The van der Waals surface area contributed by atoms with E-state index < -0.39 is 11.9 Å². The van der Waals surface area contributed by atoms with Crippen LogP contribution in [0.15, 0.2) is 16.6 Å². The maximum absolute atomic E-state index is 13.6. The first-order chi connectivity index (χ1) is 7.10. The van der Waals surface area contributed by atoms with Crippen molar-refractivity contribution in [1.29, 1.82) is 0 Å². The number of rotatable bonds is 4. The largest absolute Gasteiger partial charge is 0.497 e. The highest BCUT2D eigenvalue weighted by atomic mass is 79.9. The highest BCUT2D eigenvalue weighted by molar-refractivity contribution is 9.10. The van der Waals surface area contributed by atoms with Gasteiger partial charge >= 0.3 is 0 Å². The Bertz CT molecular complexity index is 346. The molecule has 0 amide bonds. The van der Waals surface area contributed by atoms with E-state index in [4.69, 9.17) is 15.6 Å². The van der Waals surface area contributed by atoms with E-state index >= 15 is 0 Å². The number of methoxy groups -OCH3 is 1. The molecule has 1 aromatic rings. The van der Waals surface area contributed by atoms with Gasteiger partial charge in [-0.2, -0.15) is 0 Å². The quantitative estimate of drug-likeness (QED) is 0.885. The summed E-state index contributed by atoms with van der Waals surface area (Å²) < 4.78 is 18.9. The van der Waals surface area contributed by atoms with Gasteiger partial charge < -0.3 is 15.6 Å². The molecule has 1 aromatic carbocycles. The van der Waals surface area contributed by atoms with Crippen LogP contribution in [0.25, 0.3) is 0 Å². The van der Waals surface area contributed by atoms with Gasteiger partial charge in [0.1, 0.15) is 11.6 Å². The standard InChI is InChI=1S/C10H13BrFNO2/c1-15-6-4-7(9(13)2-3-14)10(12)8(11)5-6/h4-5,9,14H,2-3,13H2,1H3. The molecule has 0 aromatic heterocycles. The first kappa shape index (κ1) is 12.4. The van der Waals surface area contributed by atoms with Gasteiger partial charge in [-0.15, -0.1) is 0 Å². The van der Waals surface area contributed by atoms with Crippen molar-refractivity contribution in [1.82, 2.24) is 0 Å². The summed E-state index contributed by atoms with van der Waals surface area (Å²) in [5.41, 5.74) is 6.07. The van der Waals surface area contributed by atoms with Gasteiger partial charge in [-0.25, -0.2) is 4.39 Å². The van der Waals surface area contributed by atoms with Crippen LogP contribution >= 0.6 is 15.9 Å². The molecule has 0 radical (unpaired) electrons. The number of ether oxygens (including phenoxy) is 1. The molecular formula is C10H13BrFNO2. The Kier molecular flexibility index (Phi) is 4.50. The smallest absolute Gasteiger partial charge is 0.142 e. The Morgan fingerprint density at radius 2 is 2.27 bits per heavy atom. The van der Waals surface area contributed by atoms with Crippen molar-refractivity contribution in [2.75, 3.05) is 13.7 Å². The van der Waals surface area contributed by atoms with E-state index in [1.807, 2.05) is 0 Å². The molecule has 0 saturated heterocycles. The topological polar surface area (TPSA) is 55.5 Å². The van der Waals surface area contributed by atoms with Gasteiger partial charge in [-0.3, -0.25) is 0 Å². The van der Waals surface area contributed by atoms with E-state index in [2.05, 4.69) is 15.9 Å². The second-order valence-electron chi connectivity index (χ2n) is 3.13. The Hall–Kier alpha value is -0.650. The summed E-state index contributed by atoms with van der Waals surface area (Å²) >= 11 is 3.08. The van der Waals surface area contributed by atoms with Crippen molar-refractivity contribution in [3.63, 3.8) is 0 Å². The van der Waals surface area contributed by atoms with Gasteiger partial charge in [0.2, 0.25) is 0 Å². The summed E-state index contributed by atoms with van der Waals surface area (Å²) in [5, 5.41) is 8.74. The number of aliphatic hydroxyl groups excluding tert-OH is 1. The minimum absolute atomic E-state index is 0.0740. The van der Waals surface area contributed by atoms with Crippen molar-refractivity contribution in [2.24, 2.45) is 5.73 Å². The van der Waals surface area contributed by atoms with Crippen molar-refractivity contribution in [3.05, 3.63) is 28.0 Å². The molecular weight excluding hydrogens is 265 g/mol. The van der Waals surface area contributed by atoms with Crippen LogP contribution in [-0.2, 0) is 0 Å². The number of nitrogens with two attached hydrogens (primary N) is 1. The maximum atomic E-state index is 13.6. The van der Waals surface area contributed by atoms with Gasteiger partial charge in [-0.05, 0) is 34.5 Å². The van der Waals surface area contributed by atoms with Gasteiger partial charge in [0.15, 0.2) is 0 Å². The second-order valence-corrected chi connectivity index (χ2v) is 3.99. The molecule has 0 spiro atoms. The molecule has 0 aliphatic heterocycles. The Morgan fingerprint density at radius 1 is 1.60 bits per heavy atom.